The van der Waals surface area contributed by atoms with Gasteiger partial charge in [0, 0.05) is 62.4 Å². The Morgan fingerprint density at radius 1 is 0.947 bits per heavy atom. The lowest BCUT2D eigenvalue weighted by Gasteiger charge is -2.42. The van der Waals surface area contributed by atoms with E-state index in [0.717, 1.165) is 22.4 Å². The van der Waals surface area contributed by atoms with Gasteiger partial charge in [-0.15, -0.1) is 0 Å². The average Bonchev–Trinajstić information content (AvgIpc) is 2.94. The van der Waals surface area contributed by atoms with Gasteiger partial charge in [-0.25, -0.2) is 8.42 Å². The first-order valence-electron chi connectivity index (χ1n) is 13.0. The Hall–Kier alpha value is -2.94. The number of nitrogens with zero attached hydrogens (tertiary/aromatic N) is 4. The van der Waals surface area contributed by atoms with Crippen molar-refractivity contribution in [3.8, 4) is 0 Å². The molecule has 2 aliphatic rings. The molecule has 0 radical (unpaired) electrons. The molecule has 9 heteroatoms. The van der Waals surface area contributed by atoms with E-state index in [9.17, 15) is 13.2 Å². The smallest absolute Gasteiger partial charge is 0.244 e. The van der Waals surface area contributed by atoms with Crippen LogP contribution in [-0.2, 0) is 14.8 Å². The first kappa shape index (κ1) is 26.7. The van der Waals surface area contributed by atoms with Crippen molar-refractivity contribution in [2.45, 2.75) is 31.1 Å². The number of aromatic nitrogens is 1. The third-order valence-corrected chi connectivity index (χ3v) is 9.94. The number of amides is 1. The lowest BCUT2D eigenvalue weighted by molar-refractivity contribution is -0.137. The van der Waals surface area contributed by atoms with Gasteiger partial charge in [-0.1, -0.05) is 41.9 Å². The number of sulfonamides is 1. The number of benzene rings is 2. The van der Waals surface area contributed by atoms with E-state index in [4.69, 9.17) is 11.6 Å². The quantitative estimate of drug-likeness (QED) is 0.466. The second-order valence-electron chi connectivity index (χ2n) is 10.2. The molecular weight excluding hydrogens is 520 g/mol. The third kappa shape index (κ3) is 5.30. The van der Waals surface area contributed by atoms with Crippen LogP contribution in [0.25, 0.3) is 0 Å². The van der Waals surface area contributed by atoms with Crippen molar-refractivity contribution < 1.29 is 13.2 Å². The van der Waals surface area contributed by atoms with Crippen LogP contribution in [0.4, 0.5) is 5.69 Å². The molecule has 200 valence electrons. The van der Waals surface area contributed by atoms with Gasteiger partial charge in [0.15, 0.2) is 0 Å². The highest BCUT2D eigenvalue weighted by molar-refractivity contribution is 7.89. The molecule has 7 nitrogen and oxygen atoms in total. The number of piperidine rings is 1. The Morgan fingerprint density at radius 2 is 1.71 bits per heavy atom. The molecule has 0 spiro atoms. The van der Waals surface area contributed by atoms with Crippen LogP contribution < -0.4 is 4.90 Å². The van der Waals surface area contributed by atoms with Crippen molar-refractivity contribution in [1.82, 2.24) is 14.2 Å². The van der Waals surface area contributed by atoms with E-state index < -0.39 is 15.9 Å². The number of halogens is 1. The summed E-state index contributed by atoms with van der Waals surface area (Å²) >= 11 is 6.25. The molecule has 2 saturated heterocycles. The monoisotopic (exact) mass is 552 g/mol. The first-order chi connectivity index (χ1) is 18.3. The van der Waals surface area contributed by atoms with Crippen LogP contribution in [-0.4, -0.2) is 67.8 Å². The van der Waals surface area contributed by atoms with Crippen LogP contribution in [0.15, 0.2) is 71.9 Å². The summed E-state index contributed by atoms with van der Waals surface area (Å²) < 4.78 is 28.4. The summed E-state index contributed by atoms with van der Waals surface area (Å²) in [5.74, 6) is -0.486. The number of anilines is 1. The van der Waals surface area contributed by atoms with Crippen molar-refractivity contribution in [1.29, 1.82) is 0 Å². The molecule has 38 heavy (non-hydrogen) atoms. The Bertz CT molecular complexity index is 1410. The van der Waals surface area contributed by atoms with Gasteiger partial charge in [-0.2, -0.15) is 4.31 Å². The van der Waals surface area contributed by atoms with Gasteiger partial charge in [0.05, 0.1) is 5.92 Å². The molecule has 0 saturated carbocycles. The minimum atomic E-state index is -3.75. The Labute approximate surface area is 230 Å². The molecule has 2 aliphatic heterocycles. The summed E-state index contributed by atoms with van der Waals surface area (Å²) in [4.78, 5) is 22.4. The molecule has 2 atom stereocenters. The second-order valence-corrected chi connectivity index (χ2v) is 12.5. The molecule has 2 fully saturated rings. The molecule has 0 aliphatic carbocycles. The maximum atomic E-state index is 14.1. The van der Waals surface area contributed by atoms with Crippen LogP contribution in [0.3, 0.4) is 0 Å². The number of rotatable bonds is 5. The number of hydrogen-bond acceptors (Lipinski definition) is 5. The first-order valence-corrected chi connectivity index (χ1v) is 14.8. The number of piperazine rings is 1. The zero-order valence-corrected chi connectivity index (χ0v) is 23.3. The standard InChI is InChI=1S/C29H33ClN4O3S/c1-21-6-3-4-8-25(21)26-11-13-34(38(36,37)24-7-5-12-31-19-24)20-27(26)29(35)33-16-14-32(15-17-33)28-18-23(30)10-9-22(28)2/h3-10,12,18-19,26-27H,11,13-17,20H2,1-2H3/t26-,27+/m0/s1. The van der Waals surface area contributed by atoms with Crippen LogP contribution in [0.5, 0.6) is 0 Å². The number of aryl methyl sites for hydroxylation is 2. The van der Waals surface area contributed by atoms with E-state index in [2.05, 4.69) is 35.9 Å². The van der Waals surface area contributed by atoms with Crippen molar-refractivity contribution in [3.05, 3.63) is 88.7 Å². The van der Waals surface area contributed by atoms with E-state index in [0.29, 0.717) is 44.2 Å². The number of hydrogen-bond donors (Lipinski definition) is 0. The lowest BCUT2D eigenvalue weighted by Crippen LogP contribution is -2.54. The highest BCUT2D eigenvalue weighted by Crippen LogP contribution is 2.38. The van der Waals surface area contributed by atoms with Gasteiger partial charge in [-0.05, 0) is 67.1 Å². The van der Waals surface area contributed by atoms with Gasteiger partial charge in [-0.3, -0.25) is 9.78 Å². The van der Waals surface area contributed by atoms with Gasteiger partial charge < -0.3 is 9.80 Å². The normalized spacial score (nSPS) is 20.9. The second kappa shape index (κ2) is 11.0. The number of carbonyl (C=O) groups is 1. The van der Waals surface area contributed by atoms with E-state index in [1.807, 2.05) is 35.2 Å². The maximum absolute atomic E-state index is 14.1. The SMILES string of the molecule is Cc1ccccc1[C@@H]1CCN(S(=O)(=O)c2cccnc2)C[C@H]1C(=O)N1CCN(c2cc(Cl)ccc2C)CC1. The van der Waals surface area contributed by atoms with E-state index in [-0.39, 0.29) is 23.3 Å². The Morgan fingerprint density at radius 3 is 2.42 bits per heavy atom. The van der Waals surface area contributed by atoms with Crippen LogP contribution in [0, 0.1) is 19.8 Å². The van der Waals surface area contributed by atoms with Gasteiger partial charge in [0.2, 0.25) is 15.9 Å². The van der Waals surface area contributed by atoms with Crippen molar-refractivity contribution in [2.75, 3.05) is 44.2 Å². The number of pyridine rings is 1. The van der Waals surface area contributed by atoms with Crippen LogP contribution >= 0.6 is 11.6 Å². The highest BCUT2D eigenvalue weighted by atomic mass is 35.5. The molecular formula is C29H33ClN4O3S. The highest BCUT2D eigenvalue weighted by Gasteiger charge is 2.42. The average molecular weight is 553 g/mol. The summed E-state index contributed by atoms with van der Waals surface area (Å²) in [5, 5.41) is 0.697. The van der Waals surface area contributed by atoms with Gasteiger partial charge in [0.25, 0.3) is 0 Å². The molecule has 0 unspecified atom stereocenters. The minimum absolute atomic E-state index is 0.0202. The van der Waals surface area contributed by atoms with E-state index in [1.165, 1.54) is 10.5 Å². The molecule has 0 N–H and O–H groups in total. The summed E-state index contributed by atoms with van der Waals surface area (Å²) in [6.07, 6.45) is 3.51. The largest absolute Gasteiger partial charge is 0.368 e. The lowest BCUT2D eigenvalue weighted by atomic mass is 9.78. The zero-order valence-electron chi connectivity index (χ0n) is 21.8. The van der Waals surface area contributed by atoms with Gasteiger partial charge >= 0.3 is 0 Å². The third-order valence-electron chi connectivity index (χ3n) is 7.86. The fourth-order valence-electron chi connectivity index (χ4n) is 5.74. The topological polar surface area (TPSA) is 73.8 Å². The summed E-state index contributed by atoms with van der Waals surface area (Å²) in [7, 11) is -3.75. The predicted octanol–water partition coefficient (Wildman–Crippen LogP) is 4.50. The minimum Gasteiger partial charge on any atom is -0.368 e. The fourth-order valence-corrected chi connectivity index (χ4v) is 7.35. The van der Waals surface area contributed by atoms with Crippen LogP contribution in [0.1, 0.15) is 29.0 Å². The predicted molar refractivity (Wildman–Crippen MR) is 150 cm³/mol. The Kier molecular flexibility index (Phi) is 7.75. The maximum Gasteiger partial charge on any atom is 0.244 e. The number of carbonyl (C=O) groups excluding carboxylic acids is 1. The molecule has 1 amide bonds. The van der Waals surface area contributed by atoms with Crippen LogP contribution in [0.2, 0.25) is 5.02 Å². The summed E-state index contributed by atoms with van der Waals surface area (Å²) in [5.41, 5.74) is 4.49. The molecule has 3 heterocycles. The van der Waals surface area contributed by atoms with Crippen molar-refractivity contribution in [3.63, 3.8) is 0 Å². The van der Waals surface area contributed by atoms with E-state index >= 15 is 0 Å². The molecule has 0 bridgehead atoms. The van der Waals surface area contributed by atoms with E-state index in [1.54, 1.807) is 18.3 Å². The Balaban J connectivity index is 1.38. The molecule has 5 rings (SSSR count). The van der Waals surface area contributed by atoms with Crippen molar-refractivity contribution in [2.24, 2.45) is 5.92 Å². The molecule has 2 aromatic carbocycles. The van der Waals surface area contributed by atoms with Crippen molar-refractivity contribution >= 4 is 33.2 Å². The summed E-state index contributed by atoms with van der Waals surface area (Å²) in [6.45, 7) is 7.20. The van der Waals surface area contributed by atoms with Gasteiger partial charge in [0.1, 0.15) is 4.90 Å². The zero-order chi connectivity index (χ0) is 26.9. The fraction of sp³-hybridized carbons (Fsp3) is 0.379. The summed E-state index contributed by atoms with van der Waals surface area (Å²) in [6, 6.07) is 17.2. The molecule has 1 aromatic heterocycles. The molecule has 3 aromatic rings.